The molecule has 0 saturated carbocycles. The van der Waals surface area contributed by atoms with E-state index in [0.29, 0.717) is 18.6 Å². The van der Waals surface area contributed by atoms with Crippen LogP contribution in [0, 0.1) is 6.08 Å². The zero-order valence-corrected chi connectivity index (χ0v) is 15.3. The molecule has 2 aliphatic rings. The van der Waals surface area contributed by atoms with E-state index in [-0.39, 0.29) is 10.8 Å². The van der Waals surface area contributed by atoms with Gasteiger partial charge in [-0.15, -0.1) is 0 Å². The number of hydrogen-bond donors (Lipinski definition) is 0. The SMILES string of the molecule is FC(F)(F)c1ccc(OC2=CCC3=NC(Cc4ccccc4)=[C]C3=C2)c(Cl)c1. The first-order chi connectivity index (χ1) is 13.4. The van der Waals surface area contributed by atoms with Crippen molar-refractivity contribution in [2.45, 2.75) is 19.0 Å². The van der Waals surface area contributed by atoms with Crippen LogP contribution in [0.3, 0.4) is 0 Å². The van der Waals surface area contributed by atoms with Crippen LogP contribution >= 0.6 is 11.6 Å². The molecule has 0 bridgehead atoms. The van der Waals surface area contributed by atoms with Gasteiger partial charge in [-0.05, 0) is 35.9 Å². The highest BCUT2D eigenvalue weighted by molar-refractivity contribution is 6.32. The normalized spacial score (nSPS) is 16.0. The standard InChI is InChI=1S/C22H14ClF3NO/c23-19-13-16(22(24,25)26)6-9-21(19)28-18-7-8-20-15(12-18)11-17(27-20)10-14-4-2-1-3-5-14/h1-7,9,12-13H,8,10H2. The second kappa shape index (κ2) is 7.32. The van der Waals surface area contributed by atoms with Gasteiger partial charge in [0.1, 0.15) is 11.5 Å². The van der Waals surface area contributed by atoms with Gasteiger partial charge in [0.05, 0.1) is 22.0 Å². The van der Waals surface area contributed by atoms with Crippen molar-refractivity contribution in [3.05, 3.63) is 99.9 Å². The average Bonchev–Trinajstić information content (AvgIpc) is 3.05. The van der Waals surface area contributed by atoms with E-state index in [1.807, 2.05) is 36.4 Å². The molecule has 2 nitrogen and oxygen atoms in total. The van der Waals surface area contributed by atoms with Gasteiger partial charge in [-0.1, -0.05) is 41.9 Å². The summed E-state index contributed by atoms with van der Waals surface area (Å²) in [5, 5.41) is -0.0932. The molecule has 1 aliphatic carbocycles. The number of ether oxygens (including phenoxy) is 1. The second-order valence-electron chi connectivity index (χ2n) is 6.41. The lowest BCUT2D eigenvalue weighted by Crippen LogP contribution is -2.07. The molecule has 0 saturated heterocycles. The molecule has 1 heterocycles. The number of alkyl halides is 3. The topological polar surface area (TPSA) is 21.6 Å². The van der Waals surface area contributed by atoms with Crippen LogP contribution in [0.15, 0.2) is 82.7 Å². The Morgan fingerprint density at radius 1 is 1.11 bits per heavy atom. The van der Waals surface area contributed by atoms with Gasteiger partial charge in [-0.25, -0.2) is 0 Å². The minimum Gasteiger partial charge on any atom is -0.456 e. The zero-order chi connectivity index (χ0) is 19.7. The third-order valence-electron chi connectivity index (χ3n) is 4.34. The third kappa shape index (κ3) is 4.04. The summed E-state index contributed by atoms with van der Waals surface area (Å²) in [6.07, 6.45) is 3.66. The van der Waals surface area contributed by atoms with E-state index in [4.69, 9.17) is 16.3 Å². The lowest BCUT2D eigenvalue weighted by Gasteiger charge is -2.14. The average molecular weight is 401 g/mol. The molecule has 4 rings (SSSR count). The largest absolute Gasteiger partial charge is 0.456 e. The molecule has 0 atom stereocenters. The van der Waals surface area contributed by atoms with Crippen LogP contribution in [-0.2, 0) is 12.6 Å². The molecule has 2 aromatic carbocycles. The van der Waals surface area contributed by atoms with Gasteiger partial charge in [0, 0.05) is 24.5 Å². The number of aliphatic imine (C=N–C) groups is 1. The van der Waals surface area contributed by atoms with Gasteiger partial charge in [-0.2, -0.15) is 13.2 Å². The minimum absolute atomic E-state index is 0.0932. The Kier molecular flexibility index (Phi) is 4.85. The van der Waals surface area contributed by atoms with Gasteiger partial charge < -0.3 is 4.74 Å². The first kappa shape index (κ1) is 18.6. The molecule has 6 heteroatoms. The van der Waals surface area contributed by atoms with Crippen LogP contribution < -0.4 is 4.74 Å². The summed E-state index contributed by atoms with van der Waals surface area (Å²) in [4.78, 5) is 4.61. The van der Waals surface area contributed by atoms with Gasteiger partial charge >= 0.3 is 6.18 Å². The van der Waals surface area contributed by atoms with Crippen LogP contribution in [0.1, 0.15) is 17.5 Å². The van der Waals surface area contributed by atoms with Crippen molar-refractivity contribution in [3.8, 4) is 5.75 Å². The summed E-state index contributed by atoms with van der Waals surface area (Å²) in [5.41, 5.74) is 2.90. The molecule has 0 fully saturated rings. The number of hydrogen-bond acceptors (Lipinski definition) is 2. The van der Waals surface area contributed by atoms with E-state index in [1.165, 1.54) is 6.07 Å². The van der Waals surface area contributed by atoms with Gasteiger partial charge in [-0.3, -0.25) is 4.99 Å². The first-order valence-corrected chi connectivity index (χ1v) is 8.97. The predicted molar refractivity (Wildman–Crippen MR) is 102 cm³/mol. The third-order valence-corrected chi connectivity index (χ3v) is 4.64. The van der Waals surface area contributed by atoms with E-state index < -0.39 is 11.7 Å². The fraction of sp³-hybridized carbons (Fsp3) is 0.136. The highest BCUT2D eigenvalue weighted by atomic mass is 35.5. The molecule has 28 heavy (non-hydrogen) atoms. The molecular weight excluding hydrogens is 387 g/mol. The van der Waals surface area contributed by atoms with E-state index in [0.717, 1.165) is 34.7 Å². The maximum atomic E-state index is 12.8. The molecule has 141 valence electrons. The van der Waals surface area contributed by atoms with E-state index >= 15 is 0 Å². The number of nitrogens with zero attached hydrogens (tertiary/aromatic N) is 1. The molecule has 0 unspecified atom stereocenters. The first-order valence-electron chi connectivity index (χ1n) is 8.60. The molecule has 2 aromatic rings. The van der Waals surface area contributed by atoms with E-state index in [1.54, 1.807) is 6.08 Å². The van der Waals surface area contributed by atoms with Gasteiger partial charge in [0.2, 0.25) is 0 Å². The van der Waals surface area contributed by atoms with Crippen molar-refractivity contribution in [1.29, 1.82) is 0 Å². The molecule has 1 aliphatic heterocycles. The monoisotopic (exact) mass is 400 g/mol. The number of halogens is 4. The lowest BCUT2D eigenvalue weighted by molar-refractivity contribution is -0.137. The molecule has 0 spiro atoms. The minimum atomic E-state index is -4.45. The smallest absolute Gasteiger partial charge is 0.416 e. The summed E-state index contributed by atoms with van der Waals surface area (Å²) >= 11 is 5.96. The Morgan fingerprint density at radius 2 is 1.89 bits per heavy atom. The molecule has 0 amide bonds. The van der Waals surface area contributed by atoms with Crippen LogP contribution in [0.2, 0.25) is 5.02 Å². The van der Waals surface area contributed by atoms with Crippen molar-refractivity contribution >= 4 is 17.3 Å². The fourth-order valence-corrected chi connectivity index (χ4v) is 3.20. The Labute approximate surface area is 165 Å². The predicted octanol–water partition coefficient (Wildman–Crippen LogP) is 6.34. The van der Waals surface area contributed by atoms with Crippen molar-refractivity contribution in [1.82, 2.24) is 0 Å². The van der Waals surface area contributed by atoms with Crippen molar-refractivity contribution in [2.24, 2.45) is 4.99 Å². The van der Waals surface area contributed by atoms with Crippen LogP contribution in [-0.4, -0.2) is 5.71 Å². The quantitative estimate of drug-likeness (QED) is 0.587. The highest BCUT2D eigenvalue weighted by Crippen LogP contribution is 2.36. The molecule has 0 N–H and O–H groups in total. The summed E-state index contributed by atoms with van der Waals surface area (Å²) in [5.74, 6) is 0.675. The van der Waals surface area contributed by atoms with Crippen LogP contribution in [0.25, 0.3) is 0 Å². The summed E-state index contributed by atoms with van der Waals surface area (Å²) < 4.78 is 44.0. The van der Waals surface area contributed by atoms with Crippen molar-refractivity contribution in [3.63, 3.8) is 0 Å². The van der Waals surface area contributed by atoms with Crippen LogP contribution in [0.5, 0.6) is 5.75 Å². The number of allylic oxidation sites excluding steroid dienone is 5. The van der Waals surface area contributed by atoms with Crippen LogP contribution in [0.4, 0.5) is 13.2 Å². The Bertz CT molecular complexity index is 1030. The Morgan fingerprint density at radius 3 is 2.61 bits per heavy atom. The van der Waals surface area contributed by atoms with E-state index in [2.05, 4.69) is 11.1 Å². The van der Waals surface area contributed by atoms with Crippen molar-refractivity contribution < 1.29 is 17.9 Å². The number of rotatable bonds is 4. The fourth-order valence-electron chi connectivity index (χ4n) is 2.98. The Balaban J connectivity index is 1.49. The number of fused-ring (bicyclic) bond motifs is 1. The maximum Gasteiger partial charge on any atom is 0.416 e. The summed E-state index contributed by atoms with van der Waals surface area (Å²) in [6, 6.07) is 13.0. The zero-order valence-electron chi connectivity index (χ0n) is 14.6. The second-order valence-corrected chi connectivity index (χ2v) is 6.81. The number of benzene rings is 2. The molecule has 1 radical (unpaired) electrons. The molecule has 0 aromatic heterocycles. The summed E-state index contributed by atoms with van der Waals surface area (Å²) in [7, 11) is 0. The van der Waals surface area contributed by atoms with Gasteiger partial charge in [0.15, 0.2) is 0 Å². The van der Waals surface area contributed by atoms with Crippen molar-refractivity contribution in [2.75, 3.05) is 0 Å². The maximum absolute atomic E-state index is 12.8. The lowest BCUT2D eigenvalue weighted by atomic mass is 10.0. The highest BCUT2D eigenvalue weighted by Gasteiger charge is 2.31. The molecular formula is C22H14ClF3NO. The van der Waals surface area contributed by atoms with E-state index in [9.17, 15) is 13.2 Å². The van der Waals surface area contributed by atoms with Gasteiger partial charge in [0.25, 0.3) is 0 Å². The summed E-state index contributed by atoms with van der Waals surface area (Å²) in [6.45, 7) is 0. The Hall–Kier alpha value is -2.79.